The summed E-state index contributed by atoms with van der Waals surface area (Å²) >= 11 is 0. The Hall–Kier alpha value is -1.80. The molecule has 2 aromatic rings. The fourth-order valence-electron chi connectivity index (χ4n) is 2.91. The van der Waals surface area contributed by atoms with Crippen LogP contribution in [-0.2, 0) is 6.42 Å². The molecule has 1 aliphatic heterocycles. The molecule has 0 aliphatic carbocycles. The molecule has 2 heteroatoms. The first kappa shape index (κ1) is 13.2. The zero-order valence-corrected chi connectivity index (χ0v) is 12.0. The summed E-state index contributed by atoms with van der Waals surface area (Å²) in [5.74, 6) is 0.965. The normalized spacial score (nSPS) is 15.3. The van der Waals surface area contributed by atoms with Crippen LogP contribution in [-0.4, -0.2) is 11.7 Å². The van der Waals surface area contributed by atoms with Gasteiger partial charge in [0.25, 0.3) is 0 Å². The minimum atomic E-state index is -0.569. The van der Waals surface area contributed by atoms with Crippen molar-refractivity contribution in [3.63, 3.8) is 0 Å². The van der Waals surface area contributed by atoms with Crippen molar-refractivity contribution in [2.24, 2.45) is 0 Å². The van der Waals surface area contributed by atoms with Crippen LogP contribution >= 0.6 is 0 Å². The van der Waals surface area contributed by atoms with Gasteiger partial charge in [-0.05, 0) is 55.5 Å². The monoisotopic (exact) mass is 268 g/mol. The van der Waals surface area contributed by atoms with E-state index in [1.54, 1.807) is 0 Å². The zero-order valence-electron chi connectivity index (χ0n) is 12.0. The first-order chi connectivity index (χ1) is 9.63. The van der Waals surface area contributed by atoms with Crippen LogP contribution in [0.1, 0.15) is 40.3 Å². The smallest absolute Gasteiger partial charge is 0.122 e. The van der Waals surface area contributed by atoms with E-state index in [-0.39, 0.29) is 0 Å². The van der Waals surface area contributed by atoms with Crippen LogP contribution in [0.2, 0.25) is 0 Å². The Labute approximate surface area is 120 Å². The van der Waals surface area contributed by atoms with Crippen molar-refractivity contribution in [3.05, 3.63) is 64.2 Å². The van der Waals surface area contributed by atoms with Crippen molar-refractivity contribution in [3.8, 4) is 5.75 Å². The molecule has 0 saturated carbocycles. The second-order valence-corrected chi connectivity index (χ2v) is 5.64. The van der Waals surface area contributed by atoms with E-state index in [0.717, 1.165) is 36.3 Å². The predicted octanol–water partition coefficient (Wildman–Crippen LogP) is 3.71. The molecule has 1 unspecified atom stereocenters. The number of aryl methyl sites for hydroxylation is 3. The van der Waals surface area contributed by atoms with Gasteiger partial charge in [-0.25, -0.2) is 0 Å². The summed E-state index contributed by atoms with van der Waals surface area (Å²) in [5, 5.41) is 10.6. The molecule has 3 rings (SSSR count). The molecule has 20 heavy (non-hydrogen) atoms. The summed E-state index contributed by atoms with van der Waals surface area (Å²) in [4.78, 5) is 0. The van der Waals surface area contributed by atoms with E-state index < -0.39 is 6.10 Å². The molecule has 1 aliphatic rings. The summed E-state index contributed by atoms with van der Waals surface area (Å²) in [7, 11) is 0. The molecule has 0 saturated heterocycles. The second kappa shape index (κ2) is 5.29. The average molecular weight is 268 g/mol. The second-order valence-electron chi connectivity index (χ2n) is 5.64. The lowest BCUT2D eigenvalue weighted by atomic mass is 9.95. The molecule has 1 N–H and O–H groups in total. The Bertz CT molecular complexity index is 611. The van der Waals surface area contributed by atoms with Crippen LogP contribution in [0, 0.1) is 13.8 Å². The van der Waals surface area contributed by atoms with Crippen LogP contribution in [0.15, 0.2) is 36.4 Å². The number of benzene rings is 2. The van der Waals surface area contributed by atoms with E-state index in [0.29, 0.717) is 0 Å². The number of hydrogen-bond donors (Lipinski definition) is 1. The minimum absolute atomic E-state index is 0.569. The van der Waals surface area contributed by atoms with Gasteiger partial charge in [0.2, 0.25) is 0 Å². The highest BCUT2D eigenvalue weighted by molar-refractivity contribution is 5.42. The first-order valence-electron chi connectivity index (χ1n) is 7.15. The molecule has 0 radical (unpaired) electrons. The molecule has 0 fully saturated rings. The molecule has 0 bridgehead atoms. The molecule has 1 atom stereocenters. The molecule has 0 spiro atoms. The van der Waals surface area contributed by atoms with Crippen LogP contribution in [0.4, 0.5) is 0 Å². The van der Waals surface area contributed by atoms with Crippen molar-refractivity contribution < 1.29 is 9.84 Å². The molecular formula is C18H20O2. The van der Waals surface area contributed by atoms with Crippen LogP contribution in [0.5, 0.6) is 5.75 Å². The van der Waals surface area contributed by atoms with Gasteiger partial charge in [-0.1, -0.05) is 35.4 Å². The van der Waals surface area contributed by atoms with Crippen LogP contribution in [0.25, 0.3) is 0 Å². The maximum absolute atomic E-state index is 10.6. The van der Waals surface area contributed by atoms with Gasteiger partial charge in [0.1, 0.15) is 11.9 Å². The Kier molecular flexibility index (Phi) is 3.49. The summed E-state index contributed by atoms with van der Waals surface area (Å²) in [6.07, 6.45) is 1.51. The number of hydrogen-bond acceptors (Lipinski definition) is 2. The predicted molar refractivity (Wildman–Crippen MR) is 80.2 cm³/mol. The Morgan fingerprint density at radius 1 is 1.00 bits per heavy atom. The molecule has 0 amide bonds. The van der Waals surface area contributed by atoms with Gasteiger partial charge in [-0.3, -0.25) is 0 Å². The quantitative estimate of drug-likeness (QED) is 0.899. The van der Waals surface area contributed by atoms with Crippen LogP contribution < -0.4 is 4.74 Å². The highest BCUT2D eigenvalue weighted by Gasteiger charge is 2.16. The fraction of sp³-hybridized carbons (Fsp3) is 0.333. The molecule has 0 aromatic heterocycles. The van der Waals surface area contributed by atoms with Crippen molar-refractivity contribution >= 4 is 0 Å². The lowest BCUT2D eigenvalue weighted by Gasteiger charge is -2.20. The zero-order chi connectivity index (χ0) is 14.1. The van der Waals surface area contributed by atoms with Gasteiger partial charge in [0.15, 0.2) is 0 Å². The van der Waals surface area contributed by atoms with E-state index in [1.165, 1.54) is 16.7 Å². The molecule has 1 heterocycles. The molecule has 2 aromatic carbocycles. The SMILES string of the molecule is Cc1cc(C)cc(C(O)c2ccc3c(c2)CCCO3)c1. The molecule has 104 valence electrons. The van der Waals surface area contributed by atoms with Gasteiger partial charge in [-0.15, -0.1) is 0 Å². The van der Waals surface area contributed by atoms with Gasteiger partial charge >= 0.3 is 0 Å². The number of rotatable bonds is 2. The number of aliphatic hydroxyl groups is 1. The maximum atomic E-state index is 10.6. The number of fused-ring (bicyclic) bond motifs is 1. The van der Waals surface area contributed by atoms with E-state index in [2.05, 4.69) is 26.0 Å². The maximum Gasteiger partial charge on any atom is 0.122 e. The van der Waals surface area contributed by atoms with Crippen molar-refractivity contribution in [2.75, 3.05) is 6.61 Å². The Morgan fingerprint density at radius 2 is 1.75 bits per heavy atom. The van der Waals surface area contributed by atoms with Crippen molar-refractivity contribution in [2.45, 2.75) is 32.8 Å². The largest absolute Gasteiger partial charge is 0.493 e. The third kappa shape index (κ3) is 2.56. The van der Waals surface area contributed by atoms with E-state index in [4.69, 9.17) is 4.74 Å². The highest BCUT2D eigenvalue weighted by Crippen LogP contribution is 2.30. The third-order valence-corrected chi connectivity index (χ3v) is 3.81. The average Bonchev–Trinajstić information content (AvgIpc) is 2.45. The number of ether oxygens (including phenoxy) is 1. The summed E-state index contributed by atoms with van der Waals surface area (Å²) in [6.45, 7) is 4.92. The number of aliphatic hydroxyl groups excluding tert-OH is 1. The van der Waals surface area contributed by atoms with Crippen molar-refractivity contribution in [1.82, 2.24) is 0 Å². The minimum Gasteiger partial charge on any atom is -0.493 e. The third-order valence-electron chi connectivity index (χ3n) is 3.81. The topological polar surface area (TPSA) is 29.5 Å². The van der Waals surface area contributed by atoms with Gasteiger partial charge in [-0.2, -0.15) is 0 Å². The van der Waals surface area contributed by atoms with Gasteiger partial charge in [0, 0.05) is 0 Å². The van der Waals surface area contributed by atoms with Gasteiger partial charge < -0.3 is 9.84 Å². The Balaban J connectivity index is 1.95. The summed E-state index contributed by atoms with van der Waals surface area (Å²) in [6, 6.07) is 12.2. The highest BCUT2D eigenvalue weighted by atomic mass is 16.5. The van der Waals surface area contributed by atoms with Crippen molar-refractivity contribution in [1.29, 1.82) is 0 Å². The first-order valence-corrected chi connectivity index (χ1v) is 7.15. The fourth-order valence-corrected chi connectivity index (χ4v) is 2.91. The van der Waals surface area contributed by atoms with Gasteiger partial charge in [0.05, 0.1) is 6.61 Å². The lowest BCUT2D eigenvalue weighted by Crippen LogP contribution is -2.09. The van der Waals surface area contributed by atoms with E-state index in [9.17, 15) is 5.11 Å². The standard InChI is InChI=1S/C18H20O2/c1-12-8-13(2)10-16(9-12)18(19)15-5-6-17-14(11-15)4-3-7-20-17/h5-6,8-11,18-19H,3-4,7H2,1-2H3. The van der Waals surface area contributed by atoms with E-state index >= 15 is 0 Å². The molecule has 2 nitrogen and oxygen atoms in total. The lowest BCUT2D eigenvalue weighted by molar-refractivity contribution is 0.219. The summed E-state index contributed by atoms with van der Waals surface area (Å²) < 4.78 is 5.62. The van der Waals surface area contributed by atoms with Crippen LogP contribution in [0.3, 0.4) is 0 Å². The molecular weight excluding hydrogens is 248 g/mol. The Morgan fingerprint density at radius 3 is 2.50 bits per heavy atom. The van der Waals surface area contributed by atoms with E-state index in [1.807, 2.05) is 24.3 Å². The summed E-state index contributed by atoms with van der Waals surface area (Å²) in [5.41, 5.74) is 5.47.